The Kier molecular flexibility index (Phi) is 2.89. The Balaban J connectivity index is 2.16. The highest BCUT2D eigenvalue weighted by molar-refractivity contribution is 5.91. The molecule has 2 aromatic carbocycles. The molecule has 0 radical (unpaired) electrons. The highest BCUT2D eigenvalue weighted by atomic mass is 19.4. The average molecular weight is 277 g/mol. The van der Waals surface area contributed by atoms with Crippen molar-refractivity contribution in [1.82, 2.24) is 0 Å². The number of alkyl halides is 3. The number of halogens is 3. The van der Waals surface area contributed by atoms with E-state index in [2.05, 4.69) is 10.1 Å². The van der Waals surface area contributed by atoms with E-state index >= 15 is 0 Å². The normalized spacial score (nSPS) is 13.4. The lowest BCUT2D eigenvalue weighted by Gasteiger charge is -2.14. The van der Waals surface area contributed by atoms with Gasteiger partial charge < -0.3 is 10.1 Å². The standard InChI is InChI=1S/C15H10F3NO/c16-15(17,18)20-14-9-10-5-1-3-7-12(10)19-13-8-4-2-6-11(13)14/h1-9,19H. The van der Waals surface area contributed by atoms with Gasteiger partial charge >= 0.3 is 6.36 Å². The van der Waals surface area contributed by atoms with Crippen molar-refractivity contribution in [2.45, 2.75) is 6.36 Å². The molecule has 2 aromatic rings. The largest absolute Gasteiger partial charge is 0.573 e. The quantitative estimate of drug-likeness (QED) is 0.810. The van der Waals surface area contributed by atoms with Crippen LogP contribution in [0.3, 0.4) is 0 Å². The third kappa shape index (κ3) is 2.47. The molecule has 2 nitrogen and oxygen atoms in total. The van der Waals surface area contributed by atoms with E-state index < -0.39 is 6.36 Å². The van der Waals surface area contributed by atoms with Gasteiger partial charge in [-0.25, -0.2) is 0 Å². The minimum absolute atomic E-state index is 0.217. The van der Waals surface area contributed by atoms with E-state index in [1.807, 2.05) is 6.07 Å². The molecule has 0 unspecified atom stereocenters. The van der Waals surface area contributed by atoms with Crippen molar-refractivity contribution in [3.8, 4) is 0 Å². The number of para-hydroxylation sites is 2. The fraction of sp³-hybridized carbons (Fsp3) is 0.0667. The molecule has 0 aliphatic carbocycles. The monoisotopic (exact) mass is 277 g/mol. The minimum atomic E-state index is -4.72. The van der Waals surface area contributed by atoms with Crippen molar-refractivity contribution in [3.63, 3.8) is 0 Å². The Bertz CT molecular complexity index is 677. The number of nitrogens with one attached hydrogen (secondary N) is 1. The maximum Gasteiger partial charge on any atom is 0.573 e. The molecular weight excluding hydrogens is 267 g/mol. The Hall–Kier alpha value is -2.43. The first kappa shape index (κ1) is 12.6. The number of rotatable bonds is 1. The lowest BCUT2D eigenvalue weighted by molar-refractivity contribution is -0.290. The van der Waals surface area contributed by atoms with Crippen LogP contribution >= 0.6 is 0 Å². The molecule has 0 aromatic heterocycles. The second kappa shape index (κ2) is 4.59. The molecule has 1 heterocycles. The van der Waals surface area contributed by atoms with Gasteiger partial charge in [-0.3, -0.25) is 0 Å². The van der Waals surface area contributed by atoms with Crippen molar-refractivity contribution in [2.24, 2.45) is 0 Å². The van der Waals surface area contributed by atoms with Crippen LogP contribution in [0, 0.1) is 0 Å². The van der Waals surface area contributed by atoms with Crippen LogP contribution in [0.1, 0.15) is 11.1 Å². The summed E-state index contributed by atoms with van der Waals surface area (Å²) >= 11 is 0. The predicted octanol–water partition coefficient (Wildman–Crippen LogP) is 4.78. The lowest BCUT2D eigenvalue weighted by atomic mass is 10.1. The molecule has 1 aliphatic heterocycles. The summed E-state index contributed by atoms with van der Waals surface area (Å²) in [4.78, 5) is 0. The second-order valence-corrected chi connectivity index (χ2v) is 4.31. The zero-order valence-electron chi connectivity index (χ0n) is 10.2. The van der Waals surface area contributed by atoms with Crippen LogP contribution in [-0.2, 0) is 4.74 Å². The van der Waals surface area contributed by atoms with Crippen LogP contribution in [0.5, 0.6) is 0 Å². The van der Waals surface area contributed by atoms with E-state index in [-0.39, 0.29) is 5.76 Å². The molecule has 1 N–H and O–H groups in total. The summed E-state index contributed by atoms with van der Waals surface area (Å²) in [6.45, 7) is 0. The van der Waals surface area contributed by atoms with Gasteiger partial charge in [0.25, 0.3) is 0 Å². The van der Waals surface area contributed by atoms with Crippen LogP contribution in [0.25, 0.3) is 11.8 Å². The highest BCUT2D eigenvalue weighted by Gasteiger charge is 2.33. The number of hydrogen-bond acceptors (Lipinski definition) is 2. The number of fused-ring (bicyclic) bond motifs is 2. The van der Waals surface area contributed by atoms with Crippen LogP contribution in [-0.4, -0.2) is 6.36 Å². The molecule has 0 spiro atoms. The van der Waals surface area contributed by atoms with Gasteiger partial charge in [-0.1, -0.05) is 30.3 Å². The summed E-state index contributed by atoms with van der Waals surface area (Å²) in [6.07, 6.45) is -3.33. The zero-order chi connectivity index (χ0) is 14.2. The topological polar surface area (TPSA) is 21.3 Å². The van der Waals surface area contributed by atoms with Gasteiger partial charge in [0, 0.05) is 22.5 Å². The predicted molar refractivity (Wildman–Crippen MR) is 71.2 cm³/mol. The van der Waals surface area contributed by atoms with Crippen LogP contribution < -0.4 is 5.32 Å². The molecule has 3 rings (SSSR count). The van der Waals surface area contributed by atoms with Crippen molar-refractivity contribution in [2.75, 3.05) is 5.32 Å². The first-order valence-corrected chi connectivity index (χ1v) is 5.96. The van der Waals surface area contributed by atoms with E-state index in [1.54, 1.807) is 42.5 Å². The van der Waals surface area contributed by atoms with Crippen LogP contribution in [0.15, 0.2) is 48.5 Å². The minimum Gasteiger partial charge on any atom is -0.405 e. The van der Waals surface area contributed by atoms with E-state index in [4.69, 9.17) is 0 Å². The fourth-order valence-electron chi connectivity index (χ4n) is 2.12. The van der Waals surface area contributed by atoms with Crippen molar-refractivity contribution in [3.05, 3.63) is 59.7 Å². The number of anilines is 2. The third-order valence-corrected chi connectivity index (χ3v) is 2.93. The Labute approximate surface area is 113 Å². The van der Waals surface area contributed by atoms with E-state index in [1.165, 1.54) is 6.08 Å². The Morgan fingerprint density at radius 3 is 2.25 bits per heavy atom. The van der Waals surface area contributed by atoms with Gasteiger partial charge in [-0.05, 0) is 24.3 Å². The van der Waals surface area contributed by atoms with Crippen molar-refractivity contribution < 1.29 is 17.9 Å². The fourth-order valence-corrected chi connectivity index (χ4v) is 2.12. The first-order valence-electron chi connectivity index (χ1n) is 5.96. The maximum atomic E-state index is 12.6. The Morgan fingerprint density at radius 1 is 0.850 bits per heavy atom. The van der Waals surface area contributed by atoms with E-state index in [9.17, 15) is 13.2 Å². The molecule has 102 valence electrons. The number of hydrogen-bond donors (Lipinski definition) is 1. The van der Waals surface area contributed by atoms with E-state index in [0.717, 1.165) is 5.69 Å². The Morgan fingerprint density at radius 2 is 1.50 bits per heavy atom. The molecule has 0 amide bonds. The smallest absolute Gasteiger partial charge is 0.405 e. The van der Waals surface area contributed by atoms with Crippen molar-refractivity contribution >= 4 is 23.2 Å². The zero-order valence-corrected chi connectivity index (χ0v) is 10.2. The molecule has 0 saturated heterocycles. The van der Waals surface area contributed by atoms with Gasteiger partial charge in [0.1, 0.15) is 5.76 Å². The maximum absolute atomic E-state index is 12.6. The molecule has 0 atom stereocenters. The third-order valence-electron chi connectivity index (χ3n) is 2.93. The first-order chi connectivity index (χ1) is 9.53. The summed E-state index contributed by atoms with van der Waals surface area (Å²) in [5.41, 5.74) is 2.33. The van der Waals surface area contributed by atoms with Gasteiger partial charge in [0.05, 0.1) is 0 Å². The second-order valence-electron chi connectivity index (χ2n) is 4.31. The number of benzene rings is 2. The van der Waals surface area contributed by atoms with Gasteiger partial charge in [0.15, 0.2) is 0 Å². The van der Waals surface area contributed by atoms with Crippen molar-refractivity contribution in [1.29, 1.82) is 0 Å². The summed E-state index contributed by atoms with van der Waals surface area (Å²) < 4.78 is 41.8. The molecule has 0 fully saturated rings. The SMILES string of the molecule is FC(F)(F)OC1=Cc2ccccc2Nc2ccccc21. The summed E-state index contributed by atoms with van der Waals surface area (Å²) in [6, 6.07) is 13.8. The molecular formula is C15H10F3NO. The van der Waals surface area contributed by atoms with Crippen LogP contribution in [0.2, 0.25) is 0 Å². The van der Waals surface area contributed by atoms with Crippen LogP contribution in [0.4, 0.5) is 24.5 Å². The van der Waals surface area contributed by atoms with Gasteiger partial charge in [-0.2, -0.15) is 0 Å². The van der Waals surface area contributed by atoms with E-state index in [0.29, 0.717) is 16.8 Å². The number of ether oxygens (including phenoxy) is 1. The lowest BCUT2D eigenvalue weighted by Crippen LogP contribution is -2.12. The molecule has 20 heavy (non-hydrogen) atoms. The van der Waals surface area contributed by atoms with Gasteiger partial charge in [0.2, 0.25) is 0 Å². The summed E-state index contributed by atoms with van der Waals surface area (Å²) in [7, 11) is 0. The summed E-state index contributed by atoms with van der Waals surface area (Å²) in [5.74, 6) is -0.217. The van der Waals surface area contributed by atoms with Gasteiger partial charge in [-0.15, -0.1) is 13.2 Å². The molecule has 5 heteroatoms. The summed E-state index contributed by atoms with van der Waals surface area (Å²) in [5, 5.41) is 3.12. The average Bonchev–Trinajstić information content (AvgIpc) is 2.53. The molecule has 1 aliphatic rings. The highest BCUT2D eigenvalue weighted by Crippen LogP contribution is 2.37. The molecule has 0 bridgehead atoms. The molecule has 0 saturated carbocycles.